The van der Waals surface area contributed by atoms with Crippen molar-refractivity contribution in [3.05, 3.63) is 205 Å². The van der Waals surface area contributed by atoms with Crippen molar-refractivity contribution in [2.45, 2.75) is 20.3 Å². The first-order valence-electron chi connectivity index (χ1n) is 21.4. The Morgan fingerprint density at radius 1 is 0.365 bits per heavy atom. The van der Waals surface area contributed by atoms with Gasteiger partial charge in [0.05, 0.1) is 0 Å². The van der Waals surface area contributed by atoms with Crippen LogP contribution in [0.15, 0.2) is 203 Å². The fourth-order valence-electron chi connectivity index (χ4n) is 8.49. The van der Waals surface area contributed by atoms with Crippen molar-refractivity contribution in [2.24, 2.45) is 0 Å². The molecule has 3 aromatic heterocycles. The largest absolute Gasteiger partial charge is 0.456 e. The number of allylic oxidation sites excluding steroid dienone is 1. The second-order valence-electron chi connectivity index (χ2n) is 15.9. The molecule has 3 heterocycles. The third kappa shape index (κ3) is 7.30. The normalized spacial score (nSPS) is 11.7. The number of hydrogen-bond acceptors (Lipinski definition) is 5. The summed E-state index contributed by atoms with van der Waals surface area (Å²) in [5.41, 5.74) is 15.3. The second-order valence-corrected chi connectivity index (χ2v) is 15.9. The zero-order valence-electron chi connectivity index (χ0n) is 34.9. The van der Waals surface area contributed by atoms with Gasteiger partial charge in [-0.1, -0.05) is 153 Å². The molecule has 0 N–H and O–H groups in total. The Labute approximate surface area is 365 Å². The Morgan fingerprint density at radius 2 is 0.762 bits per heavy atom. The highest BCUT2D eigenvalue weighted by molar-refractivity contribution is 6.11. The van der Waals surface area contributed by atoms with E-state index in [2.05, 4.69) is 202 Å². The average molecular weight is 812 g/mol. The van der Waals surface area contributed by atoms with Crippen LogP contribution in [0.25, 0.3) is 118 Å². The van der Waals surface area contributed by atoms with Crippen LogP contribution in [0, 0.1) is 6.92 Å². The van der Waals surface area contributed by atoms with Gasteiger partial charge in [-0.2, -0.15) is 0 Å². The number of rotatable bonds is 9. The summed E-state index contributed by atoms with van der Waals surface area (Å²) in [7, 11) is 0. The summed E-state index contributed by atoms with van der Waals surface area (Å²) in [5.74, 6) is 2.73. The molecule has 0 aliphatic heterocycles. The Kier molecular flexibility index (Phi) is 9.63. The molecule has 300 valence electrons. The van der Waals surface area contributed by atoms with Crippen molar-refractivity contribution in [3.8, 4) is 78.7 Å². The molecular formula is C58H41N3O2. The highest BCUT2D eigenvalue weighted by atomic mass is 16.3. The van der Waals surface area contributed by atoms with Gasteiger partial charge >= 0.3 is 0 Å². The van der Waals surface area contributed by atoms with E-state index in [1.165, 1.54) is 0 Å². The van der Waals surface area contributed by atoms with E-state index in [1.54, 1.807) is 0 Å². The van der Waals surface area contributed by atoms with Crippen molar-refractivity contribution in [1.29, 1.82) is 0 Å². The lowest BCUT2D eigenvalue weighted by Crippen LogP contribution is -2.00. The number of hydrogen-bond donors (Lipinski definition) is 0. The lowest BCUT2D eigenvalue weighted by atomic mass is 9.97. The van der Waals surface area contributed by atoms with E-state index < -0.39 is 0 Å². The highest BCUT2D eigenvalue weighted by Gasteiger charge is 2.17. The maximum Gasteiger partial charge on any atom is 0.164 e. The molecule has 8 aromatic carbocycles. The zero-order valence-corrected chi connectivity index (χ0v) is 34.9. The molecule has 0 saturated heterocycles. The van der Waals surface area contributed by atoms with Crippen molar-refractivity contribution < 1.29 is 8.83 Å². The molecule has 5 nitrogen and oxygen atoms in total. The van der Waals surface area contributed by atoms with Crippen molar-refractivity contribution in [1.82, 2.24) is 15.0 Å². The molecule has 0 atom stereocenters. The van der Waals surface area contributed by atoms with Crippen LogP contribution in [0.2, 0.25) is 0 Å². The van der Waals surface area contributed by atoms with Crippen LogP contribution in [-0.2, 0) is 0 Å². The zero-order chi connectivity index (χ0) is 42.3. The predicted octanol–water partition coefficient (Wildman–Crippen LogP) is 15.9. The fourth-order valence-corrected chi connectivity index (χ4v) is 8.49. The Morgan fingerprint density at radius 3 is 1.27 bits per heavy atom. The summed E-state index contributed by atoms with van der Waals surface area (Å²) < 4.78 is 12.7. The number of aryl methyl sites for hydroxylation is 1. The van der Waals surface area contributed by atoms with Crippen LogP contribution in [-0.4, -0.2) is 15.0 Å². The van der Waals surface area contributed by atoms with Crippen LogP contribution in [0.4, 0.5) is 0 Å². The van der Waals surface area contributed by atoms with Gasteiger partial charge < -0.3 is 8.83 Å². The van der Waals surface area contributed by atoms with Gasteiger partial charge in [0.25, 0.3) is 0 Å². The minimum Gasteiger partial charge on any atom is -0.456 e. The third-order valence-corrected chi connectivity index (χ3v) is 11.8. The summed E-state index contributed by atoms with van der Waals surface area (Å²) in [6, 6.07) is 65.5. The molecule has 0 aliphatic rings. The molecule has 11 aromatic rings. The summed E-state index contributed by atoms with van der Waals surface area (Å²) >= 11 is 0. The van der Waals surface area contributed by atoms with Gasteiger partial charge in [-0.15, -0.1) is 0 Å². The van der Waals surface area contributed by atoms with E-state index in [4.69, 9.17) is 23.8 Å². The molecule has 0 bridgehead atoms. The fraction of sp³-hybridized carbons (Fsp3) is 0.0517. The van der Waals surface area contributed by atoms with E-state index in [-0.39, 0.29) is 0 Å². The summed E-state index contributed by atoms with van der Waals surface area (Å²) in [5, 5.41) is 3.17. The Bertz CT molecular complexity index is 3410. The van der Waals surface area contributed by atoms with Crippen LogP contribution in [0.3, 0.4) is 0 Å². The lowest BCUT2D eigenvalue weighted by Gasteiger charge is -2.12. The SMILES string of the molecule is CC/C=C\c1oc2cc3c(cc2c1C)oc1ccc(-c2cccc(-c4cccc(-c5nc(-c6cccc(-c7ccccc7)c6)nc(-c6cccc(-c7ccccc7)c6)n5)c4)c2)cc13. The average Bonchev–Trinajstić information content (AvgIpc) is 3.87. The maximum atomic E-state index is 6.39. The molecule has 0 amide bonds. The number of benzene rings is 8. The van der Waals surface area contributed by atoms with Crippen molar-refractivity contribution >= 4 is 39.0 Å². The van der Waals surface area contributed by atoms with Gasteiger partial charge in [-0.3, -0.25) is 0 Å². The van der Waals surface area contributed by atoms with Gasteiger partial charge in [0.2, 0.25) is 0 Å². The number of furan rings is 2. The topological polar surface area (TPSA) is 65.0 Å². The van der Waals surface area contributed by atoms with Gasteiger partial charge in [-0.25, -0.2) is 15.0 Å². The first-order valence-corrected chi connectivity index (χ1v) is 21.4. The molecule has 0 saturated carbocycles. The summed E-state index contributed by atoms with van der Waals surface area (Å²) in [4.78, 5) is 15.4. The molecular weight excluding hydrogens is 771 g/mol. The molecule has 63 heavy (non-hydrogen) atoms. The van der Waals surface area contributed by atoms with Gasteiger partial charge in [0.15, 0.2) is 17.5 Å². The third-order valence-electron chi connectivity index (χ3n) is 11.8. The van der Waals surface area contributed by atoms with E-state index >= 15 is 0 Å². The molecule has 0 spiro atoms. The monoisotopic (exact) mass is 811 g/mol. The first-order chi connectivity index (χ1) is 31.0. The standard InChI is InChI=1S/C58H41N3O2/c1-3-4-27-52-37(2)49-35-55-51(36-54(49)62-52)50-34-45(28-29-53(50)63-55)43-22-11-21-42(30-43)44-23-14-26-48(33-44)58-60-56(46-24-12-19-40(31-46)38-15-7-5-8-16-38)59-57(61-58)47-25-13-20-41(32-47)39-17-9-6-10-18-39/h4-36H,3H2,1-2H3/b27-4-. The van der Waals surface area contributed by atoms with Crippen LogP contribution >= 0.6 is 0 Å². The van der Waals surface area contributed by atoms with Gasteiger partial charge in [0.1, 0.15) is 22.5 Å². The highest BCUT2D eigenvalue weighted by Crippen LogP contribution is 2.39. The van der Waals surface area contributed by atoms with Crippen molar-refractivity contribution in [2.75, 3.05) is 0 Å². The molecule has 11 rings (SSSR count). The summed E-state index contributed by atoms with van der Waals surface area (Å²) in [6.45, 7) is 4.23. The quantitative estimate of drug-likeness (QED) is 0.145. The van der Waals surface area contributed by atoms with Crippen LogP contribution in [0.5, 0.6) is 0 Å². The smallest absolute Gasteiger partial charge is 0.164 e. The van der Waals surface area contributed by atoms with E-state index in [0.29, 0.717) is 17.5 Å². The Balaban J connectivity index is 0.978. The van der Waals surface area contributed by atoms with Gasteiger partial charge in [0, 0.05) is 38.4 Å². The minimum atomic E-state index is 0.606. The van der Waals surface area contributed by atoms with Crippen LogP contribution < -0.4 is 0 Å². The molecule has 0 fully saturated rings. The molecule has 0 radical (unpaired) electrons. The Hall–Kier alpha value is -8.15. The van der Waals surface area contributed by atoms with Crippen LogP contribution in [0.1, 0.15) is 24.7 Å². The van der Waals surface area contributed by atoms with E-state index in [9.17, 15) is 0 Å². The van der Waals surface area contributed by atoms with Gasteiger partial charge in [-0.05, 0) is 112 Å². The number of nitrogens with zero attached hydrogens (tertiary/aromatic N) is 3. The van der Waals surface area contributed by atoms with Crippen molar-refractivity contribution in [3.63, 3.8) is 0 Å². The summed E-state index contributed by atoms with van der Waals surface area (Å²) in [6.07, 6.45) is 5.14. The minimum absolute atomic E-state index is 0.606. The van der Waals surface area contributed by atoms with E-state index in [0.717, 1.165) is 112 Å². The lowest BCUT2D eigenvalue weighted by molar-refractivity contribution is 0.601. The molecule has 0 unspecified atom stereocenters. The molecule has 0 aliphatic carbocycles. The number of fused-ring (bicyclic) bond motifs is 4. The maximum absolute atomic E-state index is 6.39. The van der Waals surface area contributed by atoms with E-state index in [1.807, 2.05) is 12.1 Å². The molecule has 5 heteroatoms. The first kappa shape index (κ1) is 37.8. The predicted molar refractivity (Wildman–Crippen MR) is 259 cm³/mol. The number of aromatic nitrogens is 3. The second kappa shape index (κ2) is 16.0.